The summed E-state index contributed by atoms with van der Waals surface area (Å²) in [6.45, 7) is 0. The number of carbonyl (C=O) groups excluding carboxylic acids is 2. The van der Waals surface area contributed by atoms with Crippen molar-refractivity contribution in [3.63, 3.8) is 0 Å². The number of H-pyrrole nitrogens is 1. The number of amides is 2. The minimum atomic E-state index is -4.76. The van der Waals surface area contributed by atoms with Crippen LogP contribution in [0.2, 0.25) is 0 Å². The number of aromatic amines is 1. The minimum Gasteiger partial charge on any atom is -0.508 e. The van der Waals surface area contributed by atoms with Gasteiger partial charge in [0.15, 0.2) is 0 Å². The van der Waals surface area contributed by atoms with E-state index in [1.807, 2.05) is 0 Å². The maximum absolute atomic E-state index is 13.6. The smallest absolute Gasteiger partial charge is 0.418 e. The number of fused-ring (bicyclic) bond motifs is 2. The molecule has 11 heteroatoms. The standard InChI is InChI=1S/C21H13F3N2O4S2/c22-21(23,24)10-6-2-3-7-11(10)26-18(28)14-13(9-5-1-4-8-12(9)27)15-17(25-20(30)32-15)31-16(14)19(26)29/h1-8,13-14,16,27H,(H,25,30)/t13-,14-,16+/m0/s1. The van der Waals surface area contributed by atoms with Crippen LogP contribution in [-0.4, -0.2) is 27.2 Å². The van der Waals surface area contributed by atoms with E-state index in [-0.39, 0.29) is 10.6 Å². The average molecular weight is 478 g/mol. The number of hydrogen-bond acceptors (Lipinski definition) is 6. The number of rotatable bonds is 2. The van der Waals surface area contributed by atoms with Gasteiger partial charge >= 0.3 is 11.0 Å². The minimum absolute atomic E-state index is 0.135. The number of para-hydroxylation sites is 2. The van der Waals surface area contributed by atoms with E-state index < -0.39 is 46.3 Å². The van der Waals surface area contributed by atoms with Crippen LogP contribution >= 0.6 is 23.1 Å². The number of nitrogens with one attached hydrogen (secondary N) is 1. The van der Waals surface area contributed by atoms with Crippen LogP contribution in [-0.2, 0) is 15.8 Å². The lowest BCUT2D eigenvalue weighted by Gasteiger charge is -2.30. The van der Waals surface area contributed by atoms with E-state index in [1.54, 1.807) is 18.2 Å². The first-order valence-corrected chi connectivity index (χ1v) is 11.1. The summed E-state index contributed by atoms with van der Waals surface area (Å²) in [5.74, 6) is -3.67. The molecule has 5 rings (SSSR count). The predicted molar refractivity (Wildman–Crippen MR) is 112 cm³/mol. The van der Waals surface area contributed by atoms with Gasteiger partial charge < -0.3 is 10.1 Å². The molecule has 32 heavy (non-hydrogen) atoms. The molecule has 3 heterocycles. The summed E-state index contributed by atoms with van der Waals surface area (Å²) < 4.78 is 40.8. The molecule has 1 fully saturated rings. The molecule has 164 valence electrons. The van der Waals surface area contributed by atoms with Crippen molar-refractivity contribution in [2.24, 2.45) is 5.92 Å². The van der Waals surface area contributed by atoms with Gasteiger partial charge in [-0.25, -0.2) is 4.90 Å². The van der Waals surface area contributed by atoms with Gasteiger partial charge in [-0.2, -0.15) is 13.2 Å². The summed E-state index contributed by atoms with van der Waals surface area (Å²) in [4.78, 5) is 42.1. The van der Waals surface area contributed by atoms with Crippen molar-refractivity contribution in [2.45, 2.75) is 22.4 Å². The number of phenols is 1. The van der Waals surface area contributed by atoms with Gasteiger partial charge in [0.1, 0.15) is 11.0 Å². The molecule has 0 saturated carbocycles. The number of carbonyl (C=O) groups is 2. The van der Waals surface area contributed by atoms with Gasteiger partial charge in [-0.05, 0) is 18.2 Å². The Morgan fingerprint density at radius 3 is 2.38 bits per heavy atom. The van der Waals surface area contributed by atoms with E-state index in [0.717, 1.165) is 35.2 Å². The molecule has 0 bridgehead atoms. The quantitative estimate of drug-likeness (QED) is 0.545. The molecule has 3 aromatic rings. The highest BCUT2D eigenvalue weighted by atomic mass is 32.2. The fourth-order valence-corrected chi connectivity index (χ4v) is 6.75. The average Bonchev–Trinajstić information content (AvgIpc) is 3.23. The van der Waals surface area contributed by atoms with Crippen LogP contribution in [0.1, 0.15) is 21.9 Å². The lowest BCUT2D eigenvalue weighted by molar-refractivity contribution is -0.137. The van der Waals surface area contributed by atoms with Crippen LogP contribution in [0.4, 0.5) is 18.9 Å². The summed E-state index contributed by atoms with van der Waals surface area (Å²) in [5, 5.41) is 9.78. The molecule has 2 aromatic carbocycles. The number of benzene rings is 2. The zero-order valence-electron chi connectivity index (χ0n) is 15.9. The Hall–Kier alpha value is -3.05. The van der Waals surface area contributed by atoms with Crippen LogP contribution in [0, 0.1) is 5.92 Å². The van der Waals surface area contributed by atoms with Crippen LogP contribution < -0.4 is 9.77 Å². The monoisotopic (exact) mass is 478 g/mol. The number of halogens is 3. The normalized spacial score (nSPS) is 22.7. The number of thiazole rings is 1. The van der Waals surface area contributed by atoms with E-state index in [4.69, 9.17) is 0 Å². The van der Waals surface area contributed by atoms with Crippen molar-refractivity contribution in [3.8, 4) is 5.75 Å². The van der Waals surface area contributed by atoms with E-state index in [2.05, 4.69) is 4.98 Å². The van der Waals surface area contributed by atoms with E-state index >= 15 is 0 Å². The second-order valence-corrected chi connectivity index (χ2v) is 9.50. The Labute approximate surface area is 186 Å². The van der Waals surface area contributed by atoms with Gasteiger partial charge in [-0.3, -0.25) is 14.4 Å². The molecule has 3 atom stereocenters. The molecule has 0 radical (unpaired) electrons. The van der Waals surface area contributed by atoms with Crippen molar-refractivity contribution in [1.82, 2.24) is 4.98 Å². The van der Waals surface area contributed by atoms with Gasteiger partial charge in [-0.1, -0.05) is 53.4 Å². The van der Waals surface area contributed by atoms with E-state index in [1.165, 1.54) is 18.2 Å². The Morgan fingerprint density at radius 1 is 0.969 bits per heavy atom. The number of aromatic hydroxyl groups is 1. The van der Waals surface area contributed by atoms with Crippen LogP contribution in [0.25, 0.3) is 0 Å². The Balaban J connectivity index is 1.69. The number of hydrogen-bond donors (Lipinski definition) is 2. The maximum Gasteiger partial charge on any atom is 0.418 e. The Kier molecular flexibility index (Phi) is 4.71. The molecule has 0 unspecified atom stereocenters. The summed E-state index contributed by atoms with van der Waals surface area (Å²) in [5.41, 5.74) is -1.29. The molecule has 0 spiro atoms. The zero-order valence-corrected chi connectivity index (χ0v) is 17.6. The fraction of sp³-hybridized carbons (Fsp3) is 0.190. The third-order valence-corrected chi connectivity index (χ3v) is 7.95. The first kappa shape index (κ1) is 20.8. The fourth-order valence-electron chi connectivity index (χ4n) is 4.25. The Bertz CT molecular complexity index is 1320. The lowest BCUT2D eigenvalue weighted by Crippen LogP contribution is -2.33. The van der Waals surface area contributed by atoms with Crippen molar-refractivity contribution in [1.29, 1.82) is 0 Å². The number of alkyl halides is 3. The van der Waals surface area contributed by atoms with Crippen molar-refractivity contribution < 1.29 is 27.9 Å². The van der Waals surface area contributed by atoms with Gasteiger partial charge in [0.2, 0.25) is 11.8 Å². The largest absolute Gasteiger partial charge is 0.508 e. The highest BCUT2D eigenvalue weighted by Gasteiger charge is 2.57. The Morgan fingerprint density at radius 2 is 1.66 bits per heavy atom. The molecular formula is C21H13F3N2O4S2. The van der Waals surface area contributed by atoms with Crippen LogP contribution in [0.5, 0.6) is 5.75 Å². The van der Waals surface area contributed by atoms with Crippen LogP contribution in [0.3, 0.4) is 0 Å². The number of thioether (sulfide) groups is 1. The van der Waals surface area contributed by atoms with E-state index in [0.29, 0.717) is 20.4 Å². The van der Waals surface area contributed by atoms with Crippen molar-refractivity contribution in [2.75, 3.05) is 4.90 Å². The van der Waals surface area contributed by atoms with Crippen LogP contribution in [0.15, 0.2) is 58.4 Å². The van der Waals surface area contributed by atoms with Gasteiger partial charge in [0, 0.05) is 16.4 Å². The first-order chi connectivity index (χ1) is 15.2. The third-order valence-electron chi connectivity index (χ3n) is 5.55. The summed E-state index contributed by atoms with van der Waals surface area (Å²) in [7, 11) is 0. The highest BCUT2D eigenvalue weighted by Crippen LogP contribution is 2.55. The zero-order chi connectivity index (χ0) is 22.8. The molecule has 2 N–H and O–H groups in total. The molecule has 1 saturated heterocycles. The lowest BCUT2D eigenvalue weighted by atomic mass is 9.82. The van der Waals surface area contributed by atoms with E-state index in [9.17, 15) is 32.7 Å². The SMILES string of the molecule is O=C1[C@H]2[C@H](c3ccccc3O)c3sc(=O)[nH]c3S[C@H]2C(=O)N1c1ccccc1C(F)(F)F. The van der Waals surface area contributed by atoms with Crippen molar-refractivity contribution >= 4 is 40.6 Å². The number of imide groups is 1. The summed E-state index contributed by atoms with van der Waals surface area (Å²) in [6, 6.07) is 10.6. The number of aromatic nitrogens is 1. The number of anilines is 1. The third kappa shape index (κ3) is 3.06. The van der Waals surface area contributed by atoms with Gasteiger partial charge in [-0.15, -0.1) is 0 Å². The predicted octanol–water partition coefficient (Wildman–Crippen LogP) is 3.96. The number of phenolic OH excluding ortho intramolecular Hbond substituents is 1. The van der Waals surface area contributed by atoms with Crippen molar-refractivity contribution in [3.05, 3.63) is 74.2 Å². The molecule has 0 aliphatic carbocycles. The number of nitrogens with zero attached hydrogens (tertiary/aromatic N) is 1. The molecule has 6 nitrogen and oxygen atoms in total. The first-order valence-electron chi connectivity index (χ1n) is 9.40. The maximum atomic E-state index is 13.6. The molecule has 2 aliphatic rings. The summed E-state index contributed by atoms with van der Waals surface area (Å²) >= 11 is 1.81. The molecule has 2 aliphatic heterocycles. The summed E-state index contributed by atoms with van der Waals surface area (Å²) in [6.07, 6.45) is -4.76. The van der Waals surface area contributed by atoms with Gasteiger partial charge in [0.05, 0.1) is 22.2 Å². The van der Waals surface area contributed by atoms with Gasteiger partial charge in [0.25, 0.3) is 0 Å². The molecule has 2 amide bonds. The highest BCUT2D eigenvalue weighted by molar-refractivity contribution is 8.00. The second kappa shape index (κ2) is 7.24. The molecular weight excluding hydrogens is 465 g/mol. The topological polar surface area (TPSA) is 90.5 Å². The molecule has 1 aromatic heterocycles. The second-order valence-electron chi connectivity index (χ2n) is 7.34.